The molecule has 1 amide bonds. The van der Waals surface area contributed by atoms with Crippen LogP contribution in [-0.4, -0.2) is 33.6 Å². The second kappa shape index (κ2) is 7.61. The first-order valence-corrected chi connectivity index (χ1v) is 8.86. The van der Waals surface area contributed by atoms with E-state index >= 15 is 0 Å². The summed E-state index contributed by atoms with van der Waals surface area (Å²) in [5.74, 6) is -0.146. The van der Waals surface area contributed by atoms with Gasteiger partial charge in [0.15, 0.2) is 0 Å². The average Bonchev–Trinajstić information content (AvgIpc) is 2.61. The van der Waals surface area contributed by atoms with Crippen LogP contribution in [0.3, 0.4) is 0 Å². The summed E-state index contributed by atoms with van der Waals surface area (Å²) in [6, 6.07) is 14.1. The lowest BCUT2D eigenvalue weighted by Gasteiger charge is -2.17. The van der Waals surface area contributed by atoms with Crippen LogP contribution in [0.15, 0.2) is 53.6 Å². The van der Waals surface area contributed by atoms with Gasteiger partial charge in [0, 0.05) is 19.2 Å². The van der Waals surface area contributed by atoms with Gasteiger partial charge in [0.2, 0.25) is 5.91 Å². The van der Waals surface area contributed by atoms with E-state index in [4.69, 9.17) is 0 Å². The number of amides is 1. The number of nitrogens with zero attached hydrogens (tertiary/aromatic N) is 3. The van der Waals surface area contributed by atoms with E-state index in [2.05, 4.69) is 9.97 Å². The fourth-order valence-corrected chi connectivity index (χ4v) is 3.32. The molecule has 0 aliphatic rings. The number of carbonyl (C=O) groups excluding carboxylic acids is 1. The minimum Gasteiger partial charge on any atom is -0.341 e. The SMILES string of the molecule is Cc1nc2ccccc2nc1SCC(=O)N(C)Cc1ccccc1F. The summed E-state index contributed by atoms with van der Waals surface area (Å²) < 4.78 is 13.7. The largest absolute Gasteiger partial charge is 0.341 e. The molecule has 0 spiro atoms. The Morgan fingerprint density at radius 1 is 1.08 bits per heavy atom. The molecule has 0 N–H and O–H groups in total. The third-order valence-corrected chi connectivity index (χ3v) is 4.88. The summed E-state index contributed by atoms with van der Waals surface area (Å²) in [6.07, 6.45) is 0. The molecule has 1 heterocycles. The Kier molecular flexibility index (Phi) is 5.28. The van der Waals surface area contributed by atoms with Gasteiger partial charge in [0.25, 0.3) is 0 Å². The number of thioether (sulfide) groups is 1. The lowest BCUT2D eigenvalue weighted by atomic mass is 10.2. The second-order valence-electron chi connectivity index (χ2n) is 5.73. The number of para-hydroxylation sites is 2. The van der Waals surface area contributed by atoms with Crippen LogP contribution in [-0.2, 0) is 11.3 Å². The third-order valence-electron chi connectivity index (χ3n) is 3.82. The van der Waals surface area contributed by atoms with Crippen molar-refractivity contribution in [3.63, 3.8) is 0 Å². The van der Waals surface area contributed by atoms with Crippen molar-refractivity contribution in [2.75, 3.05) is 12.8 Å². The summed E-state index contributed by atoms with van der Waals surface area (Å²) in [5, 5.41) is 0.742. The Morgan fingerprint density at radius 3 is 2.44 bits per heavy atom. The maximum Gasteiger partial charge on any atom is 0.233 e. The first-order valence-electron chi connectivity index (χ1n) is 7.88. The molecule has 6 heteroatoms. The summed E-state index contributed by atoms with van der Waals surface area (Å²) >= 11 is 1.35. The molecule has 25 heavy (non-hydrogen) atoms. The maximum absolute atomic E-state index is 13.7. The Bertz CT molecular complexity index is 916. The van der Waals surface area contributed by atoms with Gasteiger partial charge in [0.1, 0.15) is 10.8 Å². The van der Waals surface area contributed by atoms with Gasteiger partial charge in [-0.25, -0.2) is 14.4 Å². The molecular weight excluding hydrogens is 337 g/mol. The van der Waals surface area contributed by atoms with Crippen LogP contribution in [0.1, 0.15) is 11.3 Å². The van der Waals surface area contributed by atoms with Crippen molar-refractivity contribution < 1.29 is 9.18 Å². The summed E-state index contributed by atoms with van der Waals surface area (Å²) in [5.41, 5.74) is 2.95. The zero-order valence-corrected chi connectivity index (χ0v) is 14.9. The number of benzene rings is 2. The topological polar surface area (TPSA) is 46.1 Å². The van der Waals surface area contributed by atoms with E-state index in [-0.39, 0.29) is 24.0 Å². The molecule has 0 unspecified atom stereocenters. The van der Waals surface area contributed by atoms with Gasteiger partial charge >= 0.3 is 0 Å². The smallest absolute Gasteiger partial charge is 0.233 e. The number of hydrogen-bond acceptors (Lipinski definition) is 4. The van der Waals surface area contributed by atoms with E-state index in [9.17, 15) is 9.18 Å². The molecule has 0 atom stereocenters. The second-order valence-corrected chi connectivity index (χ2v) is 6.70. The average molecular weight is 355 g/mol. The highest BCUT2D eigenvalue weighted by Gasteiger charge is 2.14. The van der Waals surface area contributed by atoms with E-state index < -0.39 is 0 Å². The minimum absolute atomic E-state index is 0.0809. The van der Waals surface area contributed by atoms with Crippen LogP contribution in [0.4, 0.5) is 4.39 Å². The lowest BCUT2D eigenvalue weighted by molar-refractivity contribution is -0.127. The molecule has 0 bridgehead atoms. The third kappa shape index (κ3) is 4.14. The van der Waals surface area contributed by atoms with E-state index in [0.29, 0.717) is 5.56 Å². The lowest BCUT2D eigenvalue weighted by Crippen LogP contribution is -2.28. The zero-order chi connectivity index (χ0) is 17.8. The number of fused-ring (bicyclic) bond motifs is 1. The van der Waals surface area contributed by atoms with Gasteiger partial charge in [-0.15, -0.1) is 0 Å². The Balaban J connectivity index is 1.65. The van der Waals surface area contributed by atoms with E-state index in [0.717, 1.165) is 21.8 Å². The van der Waals surface area contributed by atoms with Crippen LogP contribution in [0, 0.1) is 12.7 Å². The highest BCUT2D eigenvalue weighted by atomic mass is 32.2. The van der Waals surface area contributed by atoms with Gasteiger partial charge in [-0.2, -0.15) is 0 Å². The molecule has 0 aliphatic carbocycles. The molecule has 0 aliphatic heterocycles. The molecule has 0 radical (unpaired) electrons. The van der Waals surface area contributed by atoms with Crippen LogP contribution >= 0.6 is 11.8 Å². The molecular formula is C19H18FN3OS. The van der Waals surface area contributed by atoms with Crippen molar-refractivity contribution >= 4 is 28.7 Å². The molecule has 0 saturated heterocycles. The summed E-state index contributed by atoms with van der Waals surface area (Å²) in [7, 11) is 1.67. The van der Waals surface area contributed by atoms with Gasteiger partial charge in [-0.05, 0) is 25.1 Å². The van der Waals surface area contributed by atoms with Crippen LogP contribution in [0.5, 0.6) is 0 Å². The van der Waals surface area contributed by atoms with Crippen molar-refractivity contribution in [3.8, 4) is 0 Å². The van der Waals surface area contributed by atoms with E-state index in [1.54, 1.807) is 25.2 Å². The normalized spacial score (nSPS) is 10.8. The van der Waals surface area contributed by atoms with Gasteiger partial charge in [0.05, 0.1) is 22.5 Å². The molecule has 128 valence electrons. The Morgan fingerprint density at radius 2 is 1.72 bits per heavy atom. The Hall–Kier alpha value is -2.47. The zero-order valence-electron chi connectivity index (χ0n) is 14.1. The first-order chi connectivity index (χ1) is 12.0. The number of hydrogen-bond donors (Lipinski definition) is 0. The van der Waals surface area contributed by atoms with Crippen molar-refractivity contribution in [1.29, 1.82) is 0 Å². The maximum atomic E-state index is 13.7. The van der Waals surface area contributed by atoms with Gasteiger partial charge in [-0.1, -0.05) is 42.1 Å². The fourth-order valence-electron chi connectivity index (χ4n) is 2.42. The number of carbonyl (C=O) groups is 1. The quantitative estimate of drug-likeness (QED) is 0.653. The monoisotopic (exact) mass is 355 g/mol. The standard InChI is InChI=1S/C19H18FN3OS/c1-13-19(22-17-10-6-5-9-16(17)21-13)25-12-18(24)23(2)11-14-7-3-4-8-15(14)20/h3-10H,11-12H2,1-2H3. The van der Waals surface area contributed by atoms with Crippen molar-refractivity contribution in [1.82, 2.24) is 14.9 Å². The van der Waals surface area contributed by atoms with Crippen molar-refractivity contribution in [3.05, 3.63) is 65.6 Å². The molecule has 0 saturated carbocycles. The van der Waals surface area contributed by atoms with E-state index in [1.165, 1.54) is 22.7 Å². The first kappa shape index (κ1) is 17.4. The molecule has 2 aromatic carbocycles. The predicted molar refractivity (Wildman–Crippen MR) is 97.9 cm³/mol. The minimum atomic E-state index is -0.300. The van der Waals surface area contributed by atoms with Crippen LogP contribution in [0.2, 0.25) is 0 Å². The van der Waals surface area contributed by atoms with Crippen molar-refractivity contribution in [2.45, 2.75) is 18.5 Å². The number of aryl methyl sites for hydroxylation is 1. The Labute approximate surface area is 150 Å². The summed E-state index contributed by atoms with van der Waals surface area (Å²) in [4.78, 5) is 23.0. The van der Waals surface area contributed by atoms with Crippen LogP contribution in [0.25, 0.3) is 11.0 Å². The van der Waals surface area contributed by atoms with Gasteiger partial charge in [-0.3, -0.25) is 4.79 Å². The van der Waals surface area contributed by atoms with Gasteiger partial charge < -0.3 is 4.90 Å². The highest BCUT2D eigenvalue weighted by Crippen LogP contribution is 2.22. The molecule has 1 aromatic heterocycles. The summed E-state index contributed by atoms with van der Waals surface area (Å²) in [6.45, 7) is 2.13. The fraction of sp³-hybridized carbons (Fsp3) is 0.211. The molecule has 4 nitrogen and oxygen atoms in total. The molecule has 3 rings (SSSR count). The van der Waals surface area contributed by atoms with E-state index in [1.807, 2.05) is 31.2 Å². The highest BCUT2D eigenvalue weighted by molar-refractivity contribution is 7.99. The molecule has 3 aromatic rings. The number of halogens is 1. The predicted octanol–water partition coefficient (Wildman–Crippen LogP) is 3.83. The molecule has 0 fully saturated rings. The van der Waals surface area contributed by atoms with Crippen LogP contribution < -0.4 is 0 Å². The number of aromatic nitrogens is 2. The van der Waals surface area contributed by atoms with Crippen molar-refractivity contribution in [2.24, 2.45) is 0 Å². The number of rotatable bonds is 5.